The number of carbonyl (C=O) groups is 2. The summed E-state index contributed by atoms with van der Waals surface area (Å²) in [6, 6.07) is 13.9. The molecule has 0 heterocycles. The molecule has 2 aromatic carbocycles. The SMILES string of the molecule is O=C(CNC(=O)c1cccc(Br)c1)NN=Cc1ccc(Cl)cc1. The fourth-order valence-electron chi connectivity index (χ4n) is 1.66. The molecule has 0 spiro atoms. The number of rotatable bonds is 5. The number of carbonyl (C=O) groups excluding carboxylic acids is 2. The van der Waals surface area contributed by atoms with Gasteiger partial charge in [0.25, 0.3) is 11.8 Å². The second-order valence-corrected chi connectivity index (χ2v) is 5.89. The van der Waals surface area contributed by atoms with Crippen LogP contribution in [0.25, 0.3) is 0 Å². The highest BCUT2D eigenvalue weighted by Gasteiger charge is 2.07. The summed E-state index contributed by atoms with van der Waals surface area (Å²) in [5.41, 5.74) is 3.61. The summed E-state index contributed by atoms with van der Waals surface area (Å²) in [6.45, 7) is -0.163. The van der Waals surface area contributed by atoms with Crippen molar-refractivity contribution in [2.75, 3.05) is 6.54 Å². The first-order chi connectivity index (χ1) is 11.0. The summed E-state index contributed by atoms with van der Waals surface area (Å²) >= 11 is 9.05. The zero-order valence-electron chi connectivity index (χ0n) is 11.9. The van der Waals surface area contributed by atoms with E-state index in [1.807, 2.05) is 6.07 Å². The quantitative estimate of drug-likeness (QED) is 0.604. The van der Waals surface area contributed by atoms with Crippen molar-refractivity contribution in [1.82, 2.24) is 10.7 Å². The summed E-state index contributed by atoms with van der Waals surface area (Å²) in [7, 11) is 0. The van der Waals surface area contributed by atoms with Gasteiger partial charge in [-0.15, -0.1) is 0 Å². The second kappa shape index (κ2) is 8.45. The minimum Gasteiger partial charge on any atom is -0.343 e. The molecular weight excluding hydrogens is 382 g/mol. The highest BCUT2D eigenvalue weighted by Crippen LogP contribution is 2.11. The maximum atomic E-state index is 11.9. The number of nitrogens with one attached hydrogen (secondary N) is 2. The fraction of sp³-hybridized carbons (Fsp3) is 0.0625. The zero-order chi connectivity index (χ0) is 16.7. The molecule has 0 saturated heterocycles. The predicted molar refractivity (Wildman–Crippen MR) is 93.7 cm³/mol. The first-order valence-corrected chi connectivity index (χ1v) is 7.83. The minimum absolute atomic E-state index is 0.163. The van der Waals surface area contributed by atoms with Gasteiger partial charge in [-0.05, 0) is 35.9 Å². The molecule has 118 valence electrons. The van der Waals surface area contributed by atoms with Crippen LogP contribution in [-0.2, 0) is 4.79 Å². The molecule has 0 aliphatic carbocycles. The molecule has 23 heavy (non-hydrogen) atoms. The topological polar surface area (TPSA) is 70.6 Å². The number of nitrogens with zero attached hydrogens (tertiary/aromatic N) is 1. The Labute approximate surface area is 146 Å². The standard InChI is InChI=1S/C16H13BrClN3O2/c17-13-3-1-2-12(8-13)16(23)19-10-15(22)21-20-9-11-4-6-14(18)7-5-11/h1-9H,10H2,(H,19,23)(H,21,22). The molecule has 0 aromatic heterocycles. The van der Waals surface area contributed by atoms with Gasteiger partial charge in [-0.3, -0.25) is 9.59 Å². The highest BCUT2D eigenvalue weighted by atomic mass is 79.9. The monoisotopic (exact) mass is 393 g/mol. The van der Waals surface area contributed by atoms with E-state index in [1.54, 1.807) is 42.5 Å². The van der Waals surface area contributed by atoms with Crippen molar-refractivity contribution in [2.24, 2.45) is 5.10 Å². The second-order valence-electron chi connectivity index (χ2n) is 4.54. The van der Waals surface area contributed by atoms with E-state index < -0.39 is 5.91 Å². The molecule has 2 rings (SSSR count). The average molecular weight is 395 g/mol. The van der Waals surface area contributed by atoms with E-state index in [0.717, 1.165) is 10.0 Å². The molecule has 2 amide bonds. The highest BCUT2D eigenvalue weighted by molar-refractivity contribution is 9.10. The van der Waals surface area contributed by atoms with Crippen molar-refractivity contribution in [3.8, 4) is 0 Å². The largest absolute Gasteiger partial charge is 0.343 e. The molecular formula is C16H13BrClN3O2. The first-order valence-electron chi connectivity index (χ1n) is 6.66. The number of hydrazone groups is 1. The first kappa shape index (κ1) is 17.2. The van der Waals surface area contributed by atoms with Crippen LogP contribution in [-0.4, -0.2) is 24.6 Å². The molecule has 0 bridgehead atoms. The molecule has 0 atom stereocenters. The molecule has 2 N–H and O–H groups in total. The lowest BCUT2D eigenvalue weighted by Crippen LogP contribution is -2.34. The lowest BCUT2D eigenvalue weighted by atomic mass is 10.2. The van der Waals surface area contributed by atoms with Gasteiger partial charge in [0, 0.05) is 15.1 Å². The van der Waals surface area contributed by atoms with E-state index in [4.69, 9.17) is 11.6 Å². The molecule has 0 aliphatic rings. The number of hydrogen-bond donors (Lipinski definition) is 2. The lowest BCUT2D eigenvalue weighted by Gasteiger charge is -2.04. The fourth-order valence-corrected chi connectivity index (χ4v) is 2.18. The van der Waals surface area contributed by atoms with Crippen LogP contribution in [0.2, 0.25) is 5.02 Å². The van der Waals surface area contributed by atoms with Crippen LogP contribution < -0.4 is 10.7 Å². The van der Waals surface area contributed by atoms with E-state index >= 15 is 0 Å². The molecule has 5 nitrogen and oxygen atoms in total. The molecule has 7 heteroatoms. The van der Waals surface area contributed by atoms with Crippen LogP contribution >= 0.6 is 27.5 Å². The van der Waals surface area contributed by atoms with Gasteiger partial charge in [0.15, 0.2) is 0 Å². The van der Waals surface area contributed by atoms with Crippen LogP contribution in [0.15, 0.2) is 58.1 Å². The molecule has 0 saturated carbocycles. The van der Waals surface area contributed by atoms with Crippen molar-refractivity contribution in [3.05, 3.63) is 69.2 Å². The normalized spacial score (nSPS) is 10.5. The Bertz CT molecular complexity index is 732. The third-order valence-corrected chi connectivity index (χ3v) is 3.51. The number of amides is 2. The third-order valence-electron chi connectivity index (χ3n) is 2.77. The smallest absolute Gasteiger partial charge is 0.259 e. The van der Waals surface area contributed by atoms with Gasteiger partial charge < -0.3 is 5.32 Å². The van der Waals surface area contributed by atoms with Crippen molar-refractivity contribution >= 4 is 45.6 Å². The molecule has 2 aromatic rings. The van der Waals surface area contributed by atoms with E-state index in [9.17, 15) is 9.59 Å². The van der Waals surface area contributed by atoms with Crippen molar-refractivity contribution in [1.29, 1.82) is 0 Å². The average Bonchev–Trinajstić information content (AvgIpc) is 2.54. The molecule has 0 fully saturated rings. The van der Waals surface area contributed by atoms with Crippen molar-refractivity contribution in [3.63, 3.8) is 0 Å². The summed E-state index contributed by atoms with van der Waals surface area (Å²) in [5.74, 6) is -0.748. The van der Waals surface area contributed by atoms with Crippen molar-refractivity contribution in [2.45, 2.75) is 0 Å². The van der Waals surface area contributed by atoms with E-state index in [1.165, 1.54) is 6.21 Å². The van der Waals surface area contributed by atoms with Crippen molar-refractivity contribution < 1.29 is 9.59 Å². The summed E-state index contributed by atoms with van der Waals surface area (Å²) < 4.78 is 0.794. The summed E-state index contributed by atoms with van der Waals surface area (Å²) in [4.78, 5) is 23.5. The Morgan fingerprint density at radius 1 is 1.17 bits per heavy atom. The minimum atomic E-state index is -0.418. The number of benzene rings is 2. The van der Waals surface area contributed by atoms with Crippen LogP contribution in [0.5, 0.6) is 0 Å². The molecule has 0 unspecified atom stereocenters. The van der Waals surface area contributed by atoms with Crippen LogP contribution in [0.1, 0.15) is 15.9 Å². The van der Waals surface area contributed by atoms with E-state index in [0.29, 0.717) is 10.6 Å². The van der Waals surface area contributed by atoms with Gasteiger partial charge in [-0.25, -0.2) is 5.43 Å². The zero-order valence-corrected chi connectivity index (χ0v) is 14.3. The Morgan fingerprint density at radius 3 is 2.61 bits per heavy atom. The Balaban J connectivity index is 1.78. The van der Waals surface area contributed by atoms with Gasteiger partial charge in [-0.1, -0.05) is 45.7 Å². The molecule has 0 aliphatic heterocycles. The Kier molecular flexibility index (Phi) is 6.31. The van der Waals surface area contributed by atoms with Crippen LogP contribution in [0, 0.1) is 0 Å². The third kappa shape index (κ3) is 5.84. The lowest BCUT2D eigenvalue weighted by molar-refractivity contribution is -0.120. The van der Waals surface area contributed by atoms with E-state index in [2.05, 4.69) is 31.8 Å². The van der Waals surface area contributed by atoms with Gasteiger partial charge in [-0.2, -0.15) is 5.10 Å². The maximum Gasteiger partial charge on any atom is 0.259 e. The van der Waals surface area contributed by atoms with Gasteiger partial charge in [0.1, 0.15) is 0 Å². The van der Waals surface area contributed by atoms with Gasteiger partial charge in [0.2, 0.25) is 0 Å². The van der Waals surface area contributed by atoms with E-state index in [-0.39, 0.29) is 12.5 Å². The van der Waals surface area contributed by atoms with Crippen LogP contribution in [0.4, 0.5) is 0 Å². The van der Waals surface area contributed by atoms with Gasteiger partial charge in [0.05, 0.1) is 12.8 Å². The maximum absolute atomic E-state index is 11.9. The molecule has 0 radical (unpaired) electrons. The Morgan fingerprint density at radius 2 is 1.91 bits per heavy atom. The summed E-state index contributed by atoms with van der Waals surface area (Å²) in [6.07, 6.45) is 1.49. The number of halogens is 2. The Hall–Kier alpha value is -2.18. The number of hydrogen-bond acceptors (Lipinski definition) is 3. The van der Waals surface area contributed by atoms with Gasteiger partial charge >= 0.3 is 0 Å². The van der Waals surface area contributed by atoms with Crippen LogP contribution in [0.3, 0.4) is 0 Å². The summed E-state index contributed by atoms with van der Waals surface area (Å²) in [5, 5.41) is 6.95. The predicted octanol–water partition coefficient (Wildman–Crippen LogP) is 2.98.